The van der Waals surface area contributed by atoms with Gasteiger partial charge in [-0.3, -0.25) is 0 Å². The zero-order valence-electron chi connectivity index (χ0n) is 16.2. The summed E-state index contributed by atoms with van der Waals surface area (Å²) in [5, 5.41) is 9.14. The predicted molar refractivity (Wildman–Crippen MR) is 129 cm³/mol. The number of ether oxygens (including phenoxy) is 2. The van der Waals surface area contributed by atoms with Crippen LogP contribution in [0.5, 0.6) is 10.8 Å². The molecule has 30 heavy (non-hydrogen) atoms. The third-order valence-corrected chi connectivity index (χ3v) is 7.95. The van der Waals surface area contributed by atoms with Crippen molar-refractivity contribution in [3.63, 3.8) is 0 Å². The molecule has 0 unspecified atom stereocenters. The SMILES string of the molecule is Clc1ccc(OC2CCNCC2)cc1Cl.Clc1sc(OC2CCNCC2)c(Cl)c1Cl. The van der Waals surface area contributed by atoms with Crippen LogP contribution in [0.25, 0.3) is 0 Å². The molecule has 4 nitrogen and oxygen atoms in total. The first kappa shape index (κ1) is 24.5. The van der Waals surface area contributed by atoms with Gasteiger partial charge in [0.2, 0.25) is 0 Å². The molecule has 0 atom stereocenters. The lowest BCUT2D eigenvalue weighted by molar-refractivity contribution is 0.162. The van der Waals surface area contributed by atoms with E-state index >= 15 is 0 Å². The fourth-order valence-electron chi connectivity index (χ4n) is 3.14. The van der Waals surface area contributed by atoms with Crippen LogP contribution in [0.15, 0.2) is 18.2 Å². The first-order valence-electron chi connectivity index (χ1n) is 9.77. The van der Waals surface area contributed by atoms with Crippen molar-refractivity contribution >= 4 is 69.3 Å². The molecule has 4 rings (SSSR count). The van der Waals surface area contributed by atoms with Gasteiger partial charge in [-0.15, -0.1) is 0 Å². The summed E-state index contributed by atoms with van der Waals surface area (Å²) in [5.41, 5.74) is 0. The van der Waals surface area contributed by atoms with Gasteiger partial charge in [-0.2, -0.15) is 0 Å². The second-order valence-corrected chi connectivity index (χ2v) is 10.2. The Morgan fingerprint density at radius 3 is 1.80 bits per heavy atom. The van der Waals surface area contributed by atoms with E-state index in [2.05, 4.69) is 10.6 Å². The molecule has 2 aromatic rings. The van der Waals surface area contributed by atoms with Crippen molar-refractivity contribution in [2.24, 2.45) is 0 Å². The number of hydrogen-bond acceptors (Lipinski definition) is 5. The number of halogens is 5. The van der Waals surface area contributed by atoms with Gasteiger partial charge in [0.1, 0.15) is 27.3 Å². The van der Waals surface area contributed by atoms with Crippen LogP contribution >= 0.6 is 69.3 Å². The van der Waals surface area contributed by atoms with E-state index < -0.39 is 0 Å². The van der Waals surface area contributed by atoms with E-state index in [1.165, 1.54) is 11.3 Å². The molecule has 0 amide bonds. The van der Waals surface area contributed by atoms with Crippen LogP contribution in [0, 0.1) is 0 Å². The number of thiophene rings is 1. The van der Waals surface area contributed by atoms with Crippen LogP contribution in [-0.2, 0) is 0 Å². The standard InChI is InChI=1S/C11H13Cl2NO.C9H10Cl3NOS/c12-10-2-1-9(7-11(10)13)15-8-3-5-14-6-4-8;10-6-7(11)9(15-8(6)12)14-5-1-3-13-4-2-5/h1-2,7-8,14H,3-6H2;5,13H,1-4H2. The van der Waals surface area contributed by atoms with E-state index in [1.807, 2.05) is 6.07 Å². The quantitative estimate of drug-likeness (QED) is 0.447. The summed E-state index contributed by atoms with van der Waals surface area (Å²) in [6, 6.07) is 5.39. The molecule has 1 aromatic heterocycles. The van der Waals surface area contributed by atoms with Crippen molar-refractivity contribution in [3.8, 4) is 10.8 Å². The highest BCUT2D eigenvalue weighted by Gasteiger charge is 2.20. The molecule has 3 heterocycles. The van der Waals surface area contributed by atoms with E-state index in [-0.39, 0.29) is 6.10 Å². The second-order valence-electron chi connectivity index (χ2n) is 7.00. The average molecular weight is 533 g/mol. The summed E-state index contributed by atoms with van der Waals surface area (Å²) < 4.78 is 12.1. The second kappa shape index (κ2) is 12.2. The molecular weight excluding hydrogens is 510 g/mol. The lowest BCUT2D eigenvalue weighted by Gasteiger charge is -2.23. The summed E-state index contributed by atoms with van der Waals surface area (Å²) in [6.45, 7) is 4.00. The Morgan fingerprint density at radius 2 is 1.30 bits per heavy atom. The maximum atomic E-state index is 5.99. The van der Waals surface area contributed by atoms with E-state index in [0.717, 1.165) is 57.6 Å². The molecule has 2 aliphatic rings. The normalized spacial score (nSPS) is 17.9. The van der Waals surface area contributed by atoms with Gasteiger partial charge in [-0.05, 0) is 64.0 Å². The van der Waals surface area contributed by atoms with Gasteiger partial charge in [-0.25, -0.2) is 0 Å². The highest BCUT2D eigenvalue weighted by molar-refractivity contribution is 7.19. The van der Waals surface area contributed by atoms with Crippen molar-refractivity contribution in [2.45, 2.75) is 37.9 Å². The largest absolute Gasteiger partial charge is 0.490 e. The first-order chi connectivity index (χ1) is 14.4. The molecule has 2 saturated heterocycles. The van der Waals surface area contributed by atoms with Gasteiger partial charge >= 0.3 is 0 Å². The summed E-state index contributed by atoms with van der Waals surface area (Å²) in [7, 11) is 0. The maximum absolute atomic E-state index is 5.99. The number of hydrogen-bond donors (Lipinski definition) is 2. The highest BCUT2D eigenvalue weighted by atomic mass is 35.5. The number of benzene rings is 1. The van der Waals surface area contributed by atoms with Crippen molar-refractivity contribution < 1.29 is 9.47 Å². The molecular formula is C20H23Cl5N2O2S. The summed E-state index contributed by atoms with van der Waals surface area (Å²) in [4.78, 5) is 0. The predicted octanol–water partition coefficient (Wildman–Crippen LogP) is 6.96. The summed E-state index contributed by atoms with van der Waals surface area (Å²) in [6.07, 6.45) is 4.57. The van der Waals surface area contributed by atoms with Crippen LogP contribution in [0.2, 0.25) is 24.4 Å². The molecule has 10 heteroatoms. The van der Waals surface area contributed by atoms with Crippen LogP contribution in [0.1, 0.15) is 25.7 Å². The van der Waals surface area contributed by atoms with Crippen LogP contribution in [0.3, 0.4) is 0 Å². The molecule has 166 valence electrons. The Labute approximate surface area is 206 Å². The smallest absolute Gasteiger partial charge is 0.196 e. The van der Waals surface area contributed by atoms with Crippen molar-refractivity contribution in [2.75, 3.05) is 26.2 Å². The maximum Gasteiger partial charge on any atom is 0.196 e. The topological polar surface area (TPSA) is 42.5 Å². The lowest BCUT2D eigenvalue weighted by atomic mass is 10.1. The Bertz CT molecular complexity index is 824. The molecule has 0 bridgehead atoms. The van der Waals surface area contributed by atoms with Crippen molar-refractivity contribution in [1.82, 2.24) is 10.6 Å². The van der Waals surface area contributed by atoms with E-state index in [9.17, 15) is 0 Å². The van der Waals surface area contributed by atoms with Gasteiger partial charge < -0.3 is 20.1 Å². The number of piperidine rings is 2. The molecule has 1 aromatic carbocycles. The molecule has 2 N–H and O–H groups in total. The minimum Gasteiger partial charge on any atom is -0.490 e. The zero-order chi connectivity index (χ0) is 21.5. The first-order valence-corrected chi connectivity index (χ1v) is 12.5. The fraction of sp³-hybridized carbons (Fsp3) is 0.500. The Kier molecular flexibility index (Phi) is 9.99. The van der Waals surface area contributed by atoms with Gasteiger partial charge in [0.25, 0.3) is 0 Å². The van der Waals surface area contributed by atoms with Gasteiger partial charge in [-0.1, -0.05) is 69.3 Å². The Morgan fingerprint density at radius 1 is 0.733 bits per heavy atom. The molecule has 2 aliphatic heterocycles. The molecule has 0 radical (unpaired) electrons. The third-order valence-electron chi connectivity index (χ3n) is 4.77. The van der Waals surface area contributed by atoms with Crippen LogP contribution in [0.4, 0.5) is 0 Å². The molecule has 0 aliphatic carbocycles. The van der Waals surface area contributed by atoms with Crippen LogP contribution in [-0.4, -0.2) is 38.4 Å². The molecule has 0 spiro atoms. The van der Waals surface area contributed by atoms with E-state index in [4.69, 9.17) is 67.5 Å². The number of rotatable bonds is 4. The zero-order valence-corrected chi connectivity index (χ0v) is 20.8. The minimum atomic E-state index is 0.217. The third kappa shape index (κ3) is 7.21. The molecule has 2 fully saturated rings. The molecule has 0 saturated carbocycles. The van der Waals surface area contributed by atoms with Gasteiger partial charge in [0, 0.05) is 6.07 Å². The van der Waals surface area contributed by atoms with Gasteiger partial charge in [0.15, 0.2) is 5.06 Å². The minimum absolute atomic E-state index is 0.217. The van der Waals surface area contributed by atoms with E-state index in [1.54, 1.807) is 12.1 Å². The highest BCUT2D eigenvalue weighted by Crippen LogP contribution is 2.46. The van der Waals surface area contributed by atoms with Crippen molar-refractivity contribution in [1.29, 1.82) is 0 Å². The lowest BCUT2D eigenvalue weighted by Crippen LogP contribution is -2.34. The monoisotopic (exact) mass is 530 g/mol. The Balaban J connectivity index is 0.000000171. The van der Waals surface area contributed by atoms with E-state index in [0.29, 0.717) is 35.6 Å². The van der Waals surface area contributed by atoms with Gasteiger partial charge in [0.05, 0.1) is 15.1 Å². The summed E-state index contributed by atoms with van der Waals surface area (Å²) >= 11 is 30.7. The number of nitrogens with one attached hydrogen (secondary N) is 2. The van der Waals surface area contributed by atoms with Crippen LogP contribution < -0.4 is 20.1 Å². The summed E-state index contributed by atoms with van der Waals surface area (Å²) in [5.74, 6) is 0.802. The average Bonchev–Trinajstić information content (AvgIpc) is 2.99. The Hall–Kier alpha value is -0.110. The van der Waals surface area contributed by atoms with Crippen molar-refractivity contribution in [3.05, 3.63) is 42.6 Å². The fourth-order valence-corrected chi connectivity index (χ4v) is 5.08.